The molecule has 0 radical (unpaired) electrons. The van der Waals surface area contributed by atoms with Crippen molar-refractivity contribution in [2.45, 2.75) is 0 Å². The summed E-state index contributed by atoms with van der Waals surface area (Å²) in [5, 5.41) is 4.59. The first-order chi connectivity index (χ1) is 18.3. The summed E-state index contributed by atoms with van der Waals surface area (Å²) in [5.74, 6) is 2.56. The molecule has 0 spiro atoms. The molecule has 0 bridgehead atoms. The molecule has 0 saturated heterocycles. The van der Waals surface area contributed by atoms with Gasteiger partial charge in [0.05, 0.1) is 11.9 Å². The summed E-state index contributed by atoms with van der Waals surface area (Å²) in [5.41, 5.74) is 5.46. The molecule has 0 fully saturated rings. The molecule has 0 aliphatic rings. The molecule has 6 aromatic rings. The minimum absolute atomic E-state index is 0.533. The van der Waals surface area contributed by atoms with E-state index in [1.165, 1.54) is 11.1 Å². The fraction of sp³-hybridized carbons (Fsp3) is 0. The number of pyridine rings is 1. The molecule has 0 atom stereocenters. The van der Waals surface area contributed by atoms with Crippen molar-refractivity contribution in [3.05, 3.63) is 140 Å². The van der Waals surface area contributed by atoms with Crippen molar-refractivity contribution < 1.29 is 9.47 Å². The van der Waals surface area contributed by atoms with E-state index in [4.69, 9.17) is 9.47 Å². The molecule has 0 amide bonds. The number of hydrogen-bond acceptors (Lipinski definition) is 4. The summed E-state index contributed by atoms with van der Waals surface area (Å²) in [4.78, 5) is 4.20. The van der Waals surface area contributed by atoms with E-state index < -0.39 is 0 Å². The number of benzene rings is 4. The predicted molar refractivity (Wildman–Crippen MR) is 145 cm³/mol. The van der Waals surface area contributed by atoms with E-state index in [0.29, 0.717) is 23.1 Å². The van der Waals surface area contributed by atoms with Gasteiger partial charge < -0.3 is 9.47 Å². The molecule has 178 valence electrons. The number of rotatable bonds is 7. The molecule has 0 unspecified atom stereocenters. The summed E-state index contributed by atoms with van der Waals surface area (Å²) in [6.45, 7) is 0. The Labute approximate surface area is 215 Å². The lowest BCUT2D eigenvalue weighted by Gasteiger charge is -2.10. The van der Waals surface area contributed by atoms with E-state index in [2.05, 4.69) is 58.6 Å². The first-order valence-corrected chi connectivity index (χ1v) is 12.0. The Balaban J connectivity index is 1.18. The van der Waals surface area contributed by atoms with Crippen LogP contribution in [-0.4, -0.2) is 14.8 Å². The Bertz CT molecular complexity index is 1610. The van der Waals surface area contributed by atoms with E-state index >= 15 is 0 Å². The van der Waals surface area contributed by atoms with Crippen LogP contribution < -0.4 is 9.47 Å². The standard InChI is InChI=1S/C32H23N3O2/c1-2-8-24(9-3-1)25-15-17-26(18-16-25)27-22-34-35(23-27)28-10-6-11-29(20-28)36-30-12-7-13-31(21-30)37-32-14-4-5-19-33-32/h1-23H. The Morgan fingerprint density at radius 1 is 0.514 bits per heavy atom. The molecule has 0 aliphatic carbocycles. The highest BCUT2D eigenvalue weighted by molar-refractivity contribution is 5.70. The van der Waals surface area contributed by atoms with Gasteiger partial charge in [-0.05, 0) is 47.0 Å². The average Bonchev–Trinajstić information content (AvgIpc) is 3.45. The van der Waals surface area contributed by atoms with Crippen LogP contribution in [0.3, 0.4) is 0 Å². The van der Waals surface area contributed by atoms with E-state index in [0.717, 1.165) is 16.8 Å². The van der Waals surface area contributed by atoms with Gasteiger partial charge in [0.15, 0.2) is 0 Å². The van der Waals surface area contributed by atoms with Crippen LogP contribution in [-0.2, 0) is 0 Å². The highest BCUT2D eigenvalue weighted by Crippen LogP contribution is 2.29. The normalized spacial score (nSPS) is 10.7. The van der Waals surface area contributed by atoms with Gasteiger partial charge >= 0.3 is 0 Å². The summed E-state index contributed by atoms with van der Waals surface area (Å²) < 4.78 is 13.8. The van der Waals surface area contributed by atoms with E-state index in [1.807, 2.05) is 89.9 Å². The van der Waals surface area contributed by atoms with Crippen molar-refractivity contribution in [1.29, 1.82) is 0 Å². The van der Waals surface area contributed by atoms with Crippen LogP contribution in [0, 0.1) is 0 Å². The lowest BCUT2D eigenvalue weighted by Crippen LogP contribution is -1.94. The first-order valence-electron chi connectivity index (χ1n) is 12.0. The van der Waals surface area contributed by atoms with Crippen molar-refractivity contribution >= 4 is 0 Å². The molecule has 4 aromatic carbocycles. The highest BCUT2D eigenvalue weighted by atomic mass is 16.5. The second-order valence-corrected chi connectivity index (χ2v) is 8.46. The summed E-state index contributed by atoms with van der Waals surface area (Å²) in [7, 11) is 0. The third-order valence-electron chi connectivity index (χ3n) is 5.89. The quantitative estimate of drug-likeness (QED) is 0.231. The van der Waals surface area contributed by atoms with Gasteiger partial charge in [-0.15, -0.1) is 0 Å². The molecular weight excluding hydrogens is 458 g/mol. The van der Waals surface area contributed by atoms with Crippen LogP contribution in [0.5, 0.6) is 23.1 Å². The summed E-state index contributed by atoms with van der Waals surface area (Å²) >= 11 is 0. The SMILES string of the molecule is c1ccc(-c2ccc(-c3cnn(-c4cccc(Oc5cccc(Oc6ccccn6)c5)c4)c3)cc2)cc1. The van der Waals surface area contributed by atoms with Gasteiger partial charge in [-0.1, -0.05) is 72.8 Å². The Kier molecular flexibility index (Phi) is 6.16. The summed E-state index contributed by atoms with van der Waals surface area (Å²) in [6, 6.07) is 39.8. The third kappa shape index (κ3) is 5.26. The largest absolute Gasteiger partial charge is 0.457 e. The molecule has 0 N–H and O–H groups in total. The molecule has 2 aromatic heterocycles. The van der Waals surface area contributed by atoms with Gasteiger partial charge in [0.2, 0.25) is 5.88 Å². The zero-order valence-corrected chi connectivity index (χ0v) is 19.9. The molecular formula is C32H23N3O2. The number of hydrogen-bond donors (Lipinski definition) is 0. The second-order valence-electron chi connectivity index (χ2n) is 8.46. The van der Waals surface area contributed by atoms with Crippen molar-refractivity contribution in [3.8, 4) is 51.1 Å². The van der Waals surface area contributed by atoms with Gasteiger partial charge in [0.1, 0.15) is 17.2 Å². The lowest BCUT2D eigenvalue weighted by atomic mass is 10.0. The monoisotopic (exact) mass is 481 g/mol. The second kappa shape index (κ2) is 10.2. The number of aromatic nitrogens is 3. The minimum atomic E-state index is 0.533. The maximum absolute atomic E-state index is 6.12. The van der Waals surface area contributed by atoms with Crippen LogP contribution in [0.4, 0.5) is 0 Å². The zero-order chi connectivity index (χ0) is 24.9. The molecule has 5 heteroatoms. The fourth-order valence-electron chi connectivity index (χ4n) is 4.05. The minimum Gasteiger partial charge on any atom is -0.457 e. The molecule has 5 nitrogen and oxygen atoms in total. The molecule has 0 aliphatic heterocycles. The third-order valence-corrected chi connectivity index (χ3v) is 5.89. The zero-order valence-electron chi connectivity index (χ0n) is 19.9. The summed E-state index contributed by atoms with van der Waals surface area (Å²) in [6.07, 6.45) is 5.60. The van der Waals surface area contributed by atoms with E-state index in [1.54, 1.807) is 6.20 Å². The molecule has 0 saturated carbocycles. The topological polar surface area (TPSA) is 49.2 Å². The van der Waals surface area contributed by atoms with Crippen molar-refractivity contribution in [2.24, 2.45) is 0 Å². The van der Waals surface area contributed by atoms with Gasteiger partial charge in [0, 0.05) is 36.2 Å². The van der Waals surface area contributed by atoms with Gasteiger partial charge in [-0.3, -0.25) is 0 Å². The van der Waals surface area contributed by atoms with E-state index in [9.17, 15) is 0 Å². The Morgan fingerprint density at radius 3 is 1.92 bits per heavy atom. The highest BCUT2D eigenvalue weighted by Gasteiger charge is 2.07. The fourth-order valence-corrected chi connectivity index (χ4v) is 4.05. The predicted octanol–water partition coefficient (Wildman–Crippen LogP) is 8.19. The molecule has 2 heterocycles. The maximum atomic E-state index is 6.12. The van der Waals surface area contributed by atoms with Gasteiger partial charge in [-0.25, -0.2) is 9.67 Å². The van der Waals surface area contributed by atoms with Crippen LogP contribution >= 0.6 is 0 Å². The lowest BCUT2D eigenvalue weighted by molar-refractivity contribution is 0.449. The van der Waals surface area contributed by atoms with Crippen LogP contribution in [0.15, 0.2) is 140 Å². The van der Waals surface area contributed by atoms with Crippen LogP contribution in [0.1, 0.15) is 0 Å². The smallest absolute Gasteiger partial charge is 0.219 e. The molecule has 37 heavy (non-hydrogen) atoms. The Hall–Kier alpha value is -5.16. The van der Waals surface area contributed by atoms with Crippen LogP contribution in [0.2, 0.25) is 0 Å². The van der Waals surface area contributed by atoms with E-state index in [-0.39, 0.29) is 0 Å². The van der Waals surface area contributed by atoms with Gasteiger partial charge in [0.25, 0.3) is 0 Å². The average molecular weight is 482 g/mol. The first kappa shape index (κ1) is 22.3. The van der Waals surface area contributed by atoms with Crippen molar-refractivity contribution in [2.75, 3.05) is 0 Å². The van der Waals surface area contributed by atoms with Gasteiger partial charge in [-0.2, -0.15) is 5.10 Å². The van der Waals surface area contributed by atoms with Crippen molar-refractivity contribution in [1.82, 2.24) is 14.8 Å². The Morgan fingerprint density at radius 2 is 1.16 bits per heavy atom. The number of ether oxygens (including phenoxy) is 2. The van der Waals surface area contributed by atoms with Crippen LogP contribution in [0.25, 0.3) is 27.9 Å². The maximum Gasteiger partial charge on any atom is 0.219 e. The molecule has 6 rings (SSSR count). The number of nitrogens with zero attached hydrogens (tertiary/aromatic N) is 3. The van der Waals surface area contributed by atoms with Crippen molar-refractivity contribution in [3.63, 3.8) is 0 Å².